The summed E-state index contributed by atoms with van der Waals surface area (Å²) in [7, 11) is 0. The lowest BCUT2D eigenvalue weighted by atomic mass is 9.86. The lowest BCUT2D eigenvalue weighted by molar-refractivity contribution is 0.103. The molecule has 0 atom stereocenters. The van der Waals surface area contributed by atoms with Crippen LogP contribution in [-0.2, 0) is 5.41 Å². The first-order chi connectivity index (χ1) is 9.27. The van der Waals surface area contributed by atoms with E-state index in [2.05, 4.69) is 20.8 Å². The van der Waals surface area contributed by atoms with Crippen LogP contribution in [0.25, 0.3) is 0 Å². The van der Waals surface area contributed by atoms with Crippen molar-refractivity contribution in [2.75, 3.05) is 0 Å². The van der Waals surface area contributed by atoms with Gasteiger partial charge in [-0.2, -0.15) is 0 Å². The zero-order chi connectivity index (χ0) is 14.9. The van der Waals surface area contributed by atoms with E-state index in [4.69, 9.17) is 0 Å². The molecule has 2 rings (SSSR count). The topological polar surface area (TPSA) is 17.1 Å². The molecule has 0 bridgehead atoms. The smallest absolute Gasteiger partial charge is 0.193 e. The largest absolute Gasteiger partial charge is 0.289 e. The van der Waals surface area contributed by atoms with Gasteiger partial charge >= 0.3 is 0 Å². The van der Waals surface area contributed by atoms with Crippen LogP contribution < -0.4 is 0 Å². The molecule has 0 aliphatic carbocycles. The van der Waals surface area contributed by atoms with E-state index in [9.17, 15) is 9.18 Å². The van der Waals surface area contributed by atoms with Gasteiger partial charge in [0.05, 0.1) is 0 Å². The zero-order valence-electron chi connectivity index (χ0n) is 12.3. The molecular formula is C18H19FO. The summed E-state index contributed by atoms with van der Waals surface area (Å²) in [5, 5.41) is 0. The predicted molar refractivity (Wildman–Crippen MR) is 79.7 cm³/mol. The summed E-state index contributed by atoms with van der Waals surface area (Å²) in [6.07, 6.45) is 0. The van der Waals surface area contributed by atoms with Gasteiger partial charge in [-0.1, -0.05) is 45.0 Å². The number of aryl methyl sites for hydroxylation is 1. The number of hydrogen-bond donors (Lipinski definition) is 0. The highest BCUT2D eigenvalue weighted by atomic mass is 19.1. The summed E-state index contributed by atoms with van der Waals surface area (Å²) in [4.78, 5) is 12.3. The Hall–Kier alpha value is -1.96. The van der Waals surface area contributed by atoms with Gasteiger partial charge in [-0.3, -0.25) is 4.79 Å². The Morgan fingerprint density at radius 2 is 1.55 bits per heavy atom. The maximum Gasteiger partial charge on any atom is 0.193 e. The van der Waals surface area contributed by atoms with Crippen molar-refractivity contribution in [1.29, 1.82) is 0 Å². The van der Waals surface area contributed by atoms with Crippen molar-refractivity contribution in [3.8, 4) is 0 Å². The molecule has 1 nitrogen and oxygen atoms in total. The molecule has 0 aromatic heterocycles. The van der Waals surface area contributed by atoms with E-state index in [1.165, 1.54) is 17.7 Å². The molecule has 20 heavy (non-hydrogen) atoms. The Balaban J connectivity index is 2.34. The highest BCUT2D eigenvalue weighted by molar-refractivity contribution is 6.09. The Kier molecular flexibility index (Phi) is 3.76. The predicted octanol–water partition coefficient (Wildman–Crippen LogP) is 4.66. The van der Waals surface area contributed by atoms with Crippen molar-refractivity contribution in [2.24, 2.45) is 0 Å². The fourth-order valence-corrected chi connectivity index (χ4v) is 2.16. The Morgan fingerprint density at radius 3 is 2.05 bits per heavy atom. The minimum absolute atomic E-state index is 0.0526. The van der Waals surface area contributed by atoms with Gasteiger partial charge in [0.2, 0.25) is 0 Å². The maximum atomic E-state index is 13.4. The molecule has 0 unspecified atom stereocenters. The molecule has 0 heterocycles. The average Bonchev–Trinajstić information content (AvgIpc) is 2.36. The first-order valence-electron chi connectivity index (χ1n) is 6.70. The minimum atomic E-state index is -0.375. The Morgan fingerprint density at radius 1 is 0.950 bits per heavy atom. The van der Waals surface area contributed by atoms with Gasteiger partial charge in [0, 0.05) is 11.1 Å². The van der Waals surface area contributed by atoms with Crippen LogP contribution in [0.1, 0.15) is 47.8 Å². The van der Waals surface area contributed by atoms with Crippen molar-refractivity contribution in [3.05, 3.63) is 70.5 Å². The van der Waals surface area contributed by atoms with E-state index in [0.717, 1.165) is 5.56 Å². The molecule has 0 saturated heterocycles. The van der Waals surface area contributed by atoms with Crippen LogP contribution in [0.2, 0.25) is 0 Å². The van der Waals surface area contributed by atoms with Crippen LogP contribution in [0, 0.1) is 12.7 Å². The minimum Gasteiger partial charge on any atom is -0.289 e. The molecule has 0 radical (unpaired) electrons. The average molecular weight is 270 g/mol. The van der Waals surface area contributed by atoms with Gasteiger partial charge in [-0.15, -0.1) is 0 Å². The first-order valence-corrected chi connectivity index (χ1v) is 6.70. The van der Waals surface area contributed by atoms with Gasteiger partial charge in [-0.05, 0) is 41.7 Å². The Labute approximate surface area is 119 Å². The molecule has 0 aliphatic heterocycles. The first kappa shape index (κ1) is 14.4. The Bertz CT molecular complexity index is 613. The molecular weight excluding hydrogens is 251 g/mol. The molecule has 0 saturated carbocycles. The van der Waals surface area contributed by atoms with E-state index in [0.29, 0.717) is 11.1 Å². The van der Waals surface area contributed by atoms with E-state index in [1.807, 2.05) is 24.3 Å². The van der Waals surface area contributed by atoms with Crippen LogP contribution in [0.5, 0.6) is 0 Å². The zero-order valence-corrected chi connectivity index (χ0v) is 12.3. The lowest BCUT2D eigenvalue weighted by Crippen LogP contribution is -2.11. The molecule has 0 spiro atoms. The third-order valence-electron chi connectivity index (χ3n) is 3.32. The monoisotopic (exact) mass is 270 g/mol. The molecule has 0 aliphatic rings. The number of rotatable bonds is 2. The second-order valence-electron chi connectivity index (χ2n) is 6.17. The van der Waals surface area contributed by atoms with E-state index >= 15 is 0 Å². The fourth-order valence-electron chi connectivity index (χ4n) is 2.16. The van der Waals surface area contributed by atoms with Crippen LogP contribution in [0.3, 0.4) is 0 Å². The summed E-state index contributed by atoms with van der Waals surface area (Å²) in [5.74, 6) is -0.521. The van der Waals surface area contributed by atoms with Gasteiger partial charge in [0.15, 0.2) is 5.78 Å². The highest BCUT2D eigenvalue weighted by Crippen LogP contribution is 2.23. The second-order valence-corrected chi connectivity index (χ2v) is 6.17. The molecule has 2 aromatic carbocycles. The van der Waals surface area contributed by atoms with Gasteiger partial charge in [0.1, 0.15) is 5.82 Å². The maximum absolute atomic E-state index is 13.4. The van der Waals surface area contributed by atoms with Crippen molar-refractivity contribution in [1.82, 2.24) is 0 Å². The lowest BCUT2D eigenvalue weighted by Gasteiger charge is -2.19. The van der Waals surface area contributed by atoms with Crippen LogP contribution in [0.4, 0.5) is 4.39 Å². The number of carbonyl (C=O) groups excluding carboxylic acids is 1. The number of benzene rings is 2. The van der Waals surface area contributed by atoms with Crippen LogP contribution >= 0.6 is 0 Å². The summed E-state index contributed by atoms with van der Waals surface area (Å²) in [6, 6.07) is 11.9. The second kappa shape index (κ2) is 5.20. The molecule has 104 valence electrons. The van der Waals surface area contributed by atoms with Crippen molar-refractivity contribution in [3.63, 3.8) is 0 Å². The van der Waals surface area contributed by atoms with Gasteiger partial charge in [0.25, 0.3) is 0 Å². The van der Waals surface area contributed by atoms with E-state index in [1.54, 1.807) is 13.0 Å². The van der Waals surface area contributed by atoms with Crippen LogP contribution in [-0.4, -0.2) is 5.78 Å². The number of hydrogen-bond acceptors (Lipinski definition) is 1. The normalized spacial score (nSPS) is 11.4. The van der Waals surface area contributed by atoms with Crippen molar-refractivity contribution in [2.45, 2.75) is 33.1 Å². The van der Waals surface area contributed by atoms with Crippen LogP contribution in [0.15, 0.2) is 42.5 Å². The molecule has 2 heteroatoms. The van der Waals surface area contributed by atoms with Gasteiger partial charge < -0.3 is 0 Å². The molecule has 2 aromatic rings. The SMILES string of the molecule is Cc1cc(F)cc(C(=O)c2ccc(C(C)(C)C)cc2)c1. The molecule has 0 N–H and O–H groups in total. The summed E-state index contributed by atoms with van der Waals surface area (Å²) in [6.45, 7) is 8.15. The molecule has 0 fully saturated rings. The standard InChI is InChI=1S/C18H19FO/c1-12-9-14(11-16(19)10-12)17(20)13-5-7-15(8-6-13)18(2,3)4/h5-11H,1-4H3. The van der Waals surface area contributed by atoms with E-state index in [-0.39, 0.29) is 17.0 Å². The third kappa shape index (κ3) is 3.13. The number of halogens is 1. The number of ketones is 1. The summed E-state index contributed by atoms with van der Waals surface area (Å²) >= 11 is 0. The summed E-state index contributed by atoms with van der Waals surface area (Å²) in [5.41, 5.74) is 2.95. The van der Waals surface area contributed by atoms with E-state index < -0.39 is 0 Å². The van der Waals surface area contributed by atoms with Crippen molar-refractivity contribution >= 4 is 5.78 Å². The quantitative estimate of drug-likeness (QED) is 0.725. The van der Waals surface area contributed by atoms with Gasteiger partial charge in [-0.25, -0.2) is 4.39 Å². The fraction of sp³-hybridized carbons (Fsp3) is 0.278. The summed E-state index contributed by atoms with van der Waals surface area (Å²) < 4.78 is 13.4. The molecule has 0 amide bonds. The van der Waals surface area contributed by atoms with Crippen molar-refractivity contribution < 1.29 is 9.18 Å². The number of carbonyl (C=O) groups is 1. The third-order valence-corrected chi connectivity index (χ3v) is 3.32. The highest BCUT2D eigenvalue weighted by Gasteiger charge is 2.15.